The van der Waals surface area contributed by atoms with E-state index < -0.39 is 0 Å². The highest BCUT2D eigenvalue weighted by atomic mass is 14.6. The van der Waals surface area contributed by atoms with Gasteiger partial charge in [-0.3, -0.25) is 0 Å². The van der Waals surface area contributed by atoms with Crippen LogP contribution < -0.4 is 0 Å². The predicted molar refractivity (Wildman–Crippen MR) is 55.4 cm³/mol. The Kier molecular flexibility index (Phi) is 1.76. The molecule has 3 fully saturated rings. The standard InChI is InChI=1S/C13H22/c1-3-9-5-12-10-4-8(2)11(7-10)13(12)6-9/h8-13H,3-7H2,1-2H3. The van der Waals surface area contributed by atoms with Crippen molar-refractivity contribution in [3.05, 3.63) is 0 Å². The first-order chi connectivity index (χ1) is 6.29. The number of hydrogen-bond acceptors (Lipinski definition) is 0. The third-order valence-electron chi connectivity index (χ3n) is 5.47. The van der Waals surface area contributed by atoms with Gasteiger partial charge >= 0.3 is 0 Å². The van der Waals surface area contributed by atoms with Gasteiger partial charge in [0.05, 0.1) is 0 Å². The summed E-state index contributed by atoms with van der Waals surface area (Å²) in [5.74, 6) is 6.81. The second-order valence-corrected chi connectivity index (χ2v) is 5.95. The topological polar surface area (TPSA) is 0 Å². The molecule has 6 unspecified atom stereocenters. The van der Waals surface area contributed by atoms with Gasteiger partial charge in [-0.05, 0) is 61.2 Å². The van der Waals surface area contributed by atoms with Gasteiger partial charge in [-0.15, -0.1) is 0 Å². The van der Waals surface area contributed by atoms with Crippen LogP contribution in [0.3, 0.4) is 0 Å². The average molecular weight is 178 g/mol. The fourth-order valence-corrected chi connectivity index (χ4v) is 4.86. The molecule has 3 saturated carbocycles. The molecule has 0 saturated heterocycles. The first-order valence-electron chi connectivity index (χ1n) is 6.29. The van der Waals surface area contributed by atoms with Gasteiger partial charge in [0.2, 0.25) is 0 Å². The van der Waals surface area contributed by atoms with Gasteiger partial charge in [0, 0.05) is 0 Å². The van der Waals surface area contributed by atoms with Crippen LogP contribution in [0.15, 0.2) is 0 Å². The Bertz CT molecular complexity index is 208. The molecule has 2 bridgehead atoms. The first-order valence-corrected chi connectivity index (χ1v) is 6.29. The summed E-state index contributed by atoms with van der Waals surface area (Å²) in [5.41, 5.74) is 0. The van der Waals surface area contributed by atoms with Crippen molar-refractivity contribution in [2.45, 2.75) is 46.0 Å². The Labute approximate surface area is 82.1 Å². The van der Waals surface area contributed by atoms with Gasteiger partial charge in [0.15, 0.2) is 0 Å². The Morgan fingerprint density at radius 3 is 2.46 bits per heavy atom. The van der Waals surface area contributed by atoms with Gasteiger partial charge < -0.3 is 0 Å². The molecule has 3 rings (SSSR count). The van der Waals surface area contributed by atoms with Gasteiger partial charge in [-0.2, -0.15) is 0 Å². The maximum absolute atomic E-state index is 2.50. The molecular formula is C13H22. The molecule has 0 aromatic heterocycles. The molecule has 0 heteroatoms. The molecule has 0 aromatic rings. The normalized spacial score (nSPS) is 58.6. The molecule has 0 aliphatic heterocycles. The van der Waals surface area contributed by atoms with E-state index in [2.05, 4.69) is 13.8 Å². The SMILES string of the molecule is CCC1CC2C3CC(C)C(C3)C2C1. The van der Waals surface area contributed by atoms with Crippen LogP contribution in [0, 0.1) is 35.5 Å². The molecule has 0 nitrogen and oxygen atoms in total. The van der Waals surface area contributed by atoms with Crippen molar-refractivity contribution in [2.24, 2.45) is 35.5 Å². The van der Waals surface area contributed by atoms with E-state index in [0.717, 1.165) is 23.7 Å². The zero-order valence-electron chi connectivity index (χ0n) is 9.00. The minimum Gasteiger partial charge on any atom is -0.0651 e. The second-order valence-electron chi connectivity index (χ2n) is 5.95. The summed E-state index contributed by atoms with van der Waals surface area (Å²) in [6.45, 7) is 4.89. The summed E-state index contributed by atoms with van der Waals surface area (Å²) in [5, 5.41) is 0. The number of rotatable bonds is 1. The van der Waals surface area contributed by atoms with Gasteiger partial charge in [0.1, 0.15) is 0 Å². The molecule has 0 amide bonds. The lowest BCUT2D eigenvalue weighted by molar-refractivity contribution is 0.201. The summed E-state index contributed by atoms with van der Waals surface area (Å²) >= 11 is 0. The van der Waals surface area contributed by atoms with Crippen LogP contribution in [0.5, 0.6) is 0 Å². The van der Waals surface area contributed by atoms with Crippen molar-refractivity contribution in [3.8, 4) is 0 Å². The smallest absolute Gasteiger partial charge is 0.0349 e. The largest absolute Gasteiger partial charge is 0.0651 e. The van der Waals surface area contributed by atoms with Crippen LogP contribution in [0.2, 0.25) is 0 Å². The minimum atomic E-state index is 1.07. The monoisotopic (exact) mass is 178 g/mol. The van der Waals surface area contributed by atoms with E-state index in [0.29, 0.717) is 0 Å². The van der Waals surface area contributed by atoms with Crippen LogP contribution in [-0.4, -0.2) is 0 Å². The zero-order chi connectivity index (χ0) is 9.00. The van der Waals surface area contributed by atoms with Crippen molar-refractivity contribution in [2.75, 3.05) is 0 Å². The maximum Gasteiger partial charge on any atom is -0.0349 e. The Morgan fingerprint density at radius 1 is 0.923 bits per heavy atom. The Hall–Kier alpha value is 0. The first kappa shape index (κ1) is 8.32. The fourth-order valence-electron chi connectivity index (χ4n) is 4.86. The van der Waals surface area contributed by atoms with Crippen molar-refractivity contribution in [1.29, 1.82) is 0 Å². The molecule has 3 aliphatic rings. The molecular weight excluding hydrogens is 156 g/mol. The lowest BCUT2D eigenvalue weighted by Crippen LogP contribution is -2.22. The number of fused-ring (bicyclic) bond motifs is 5. The van der Waals surface area contributed by atoms with E-state index in [1.54, 1.807) is 25.7 Å². The van der Waals surface area contributed by atoms with Crippen molar-refractivity contribution >= 4 is 0 Å². The zero-order valence-corrected chi connectivity index (χ0v) is 9.00. The lowest BCUT2D eigenvalue weighted by atomic mass is 9.77. The molecule has 0 heterocycles. The van der Waals surface area contributed by atoms with Crippen LogP contribution in [0.4, 0.5) is 0 Å². The van der Waals surface area contributed by atoms with E-state index in [1.165, 1.54) is 18.3 Å². The van der Waals surface area contributed by atoms with Gasteiger partial charge in [-0.1, -0.05) is 20.3 Å². The van der Waals surface area contributed by atoms with E-state index in [4.69, 9.17) is 0 Å². The molecule has 0 N–H and O–H groups in total. The predicted octanol–water partition coefficient (Wildman–Crippen LogP) is 3.71. The minimum absolute atomic E-state index is 1.07. The van der Waals surface area contributed by atoms with E-state index >= 15 is 0 Å². The van der Waals surface area contributed by atoms with Crippen LogP contribution in [0.1, 0.15) is 46.0 Å². The molecule has 0 spiro atoms. The average Bonchev–Trinajstić information content (AvgIpc) is 2.71. The highest BCUT2D eigenvalue weighted by molar-refractivity contribution is 5.03. The van der Waals surface area contributed by atoms with Crippen molar-refractivity contribution in [3.63, 3.8) is 0 Å². The van der Waals surface area contributed by atoms with Crippen molar-refractivity contribution in [1.82, 2.24) is 0 Å². The third kappa shape index (κ3) is 1.04. The van der Waals surface area contributed by atoms with Crippen LogP contribution >= 0.6 is 0 Å². The maximum atomic E-state index is 2.50. The molecule has 74 valence electrons. The second kappa shape index (κ2) is 2.74. The Balaban J connectivity index is 1.79. The molecule has 6 atom stereocenters. The molecule has 13 heavy (non-hydrogen) atoms. The van der Waals surface area contributed by atoms with Gasteiger partial charge in [0.25, 0.3) is 0 Å². The highest BCUT2D eigenvalue weighted by Crippen LogP contribution is 2.62. The van der Waals surface area contributed by atoms with Gasteiger partial charge in [-0.25, -0.2) is 0 Å². The third-order valence-corrected chi connectivity index (χ3v) is 5.47. The molecule has 0 aromatic carbocycles. The summed E-state index contributed by atoms with van der Waals surface area (Å²) in [7, 11) is 0. The van der Waals surface area contributed by atoms with Crippen LogP contribution in [0.25, 0.3) is 0 Å². The van der Waals surface area contributed by atoms with E-state index in [9.17, 15) is 0 Å². The fraction of sp³-hybridized carbons (Fsp3) is 1.00. The number of hydrogen-bond donors (Lipinski definition) is 0. The van der Waals surface area contributed by atoms with Crippen LogP contribution in [-0.2, 0) is 0 Å². The summed E-state index contributed by atoms with van der Waals surface area (Å²) in [4.78, 5) is 0. The lowest BCUT2D eigenvalue weighted by Gasteiger charge is -2.29. The summed E-state index contributed by atoms with van der Waals surface area (Å²) in [6.07, 6.45) is 7.80. The highest BCUT2D eigenvalue weighted by Gasteiger charge is 2.53. The molecule has 3 aliphatic carbocycles. The van der Waals surface area contributed by atoms with E-state index in [1.807, 2.05) is 0 Å². The van der Waals surface area contributed by atoms with E-state index in [-0.39, 0.29) is 0 Å². The molecule has 0 radical (unpaired) electrons. The Morgan fingerprint density at radius 2 is 1.69 bits per heavy atom. The van der Waals surface area contributed by atoms with Crippen molar-refractivity contribution < 1.29 is 0 Å². The quantitative estimate of drug-likeness (QED) is 0.574. The summed E-state index contributed by atoms with van der Waals surface area (Å²) in [6, 6.07) is 0. The summed E-state index contributed by atoms with van der Waals surface area (Å²) < 4.78 is 0.